The van der Waals surface area contributed by atoms with E-state index < -0.39 is 35.0 Å². The zero-order valence-corrected chi connectivity index (χ0v) is 11.0. The molecule has 0 saturated carbocycles. The summed E-state index contributed by atoms with van der Waals surface area (Å²) in [7, 11) is 0. The lowest BCUT2D eigenvalue weighted by atomic mass is 9.90. The second kappa shape index (κ2) is 5.67. The molecule has 3 N–H and O–H groups in total. The predicted octanol–water partition coefficient (Wildman–Crippen LogP) is 3.13. The van der Waals surface area contributed by atoms with Gasteiger partial charge in [0.25, 0.3) is 5.60 Å². The number of hydrogen-bond acceptors (Lipinski definition) is 3. The van der Waals surface area contributed by atoms with Gasteiger partial charge in [0.1, 0.15) is 0 Å². The number of carboxylic acid groups (broad SMARTS) is 1. The molecule has 0 aliphatic heterocycles. The summed E-state index contributed by atoms with van der Waals surface area (Å²) in [6.45, 7) is 1.75. The third-order valence-electron chi connectivity index (χ3n) is 2.86. The molecule has 0 heterocycles. The van der Waals surface area contributed by atoms with Gasteiger partial charge in [-0.2, -0.15) is 26.3 Å². The second-order valence-corrected chi connectivity index (χ2v) is 4.30. The number of alkyl halides is 6. The number of halogens is 6. The fourth-order valence-corrected chi connectivity index (χ4v) is 1.78. The van der Waals surface area contributed by atoms with E-state index in [0.29, 0.717) is 6.07 Å². The lowest BCUT2D eigenvalue weighted by Gasteiger charge is -2.33. The first kappa shape index (κ1) is 18.1. The monoisotopic (exact) mass is 331 g/mol. The van der Waals surface area contributed by atoms with E-state index >= 15 is 0 Å². The van der Waals surface area contributed by atoms with Crippen molar-refractivity contribution in [3.8, 4) is 0 Å². The van der Waals surface area contributed by atoms with Gasteiger partial charge < -0.3 is 15.5 Å². The van der Waals surface area contributed by atoms with E-state index in [2.05, 4.69) is 5.32 Å². The highest BCUT2D eigenvalue weighted by atomic mass is 19.4. The third kappa shape index (κ3) is 2.96. The molecule has 1 aromatic carbocycles. The first-order valence-electron chi connectivity index (χ1n) is 5.83. The zero-order chi connectivity index (χ0) is 17.3. The molecule has 22 heavy (non-hydrogen) atoms. The number of aromatic carboxylic acids is 1. The molecule has 0 atom stereocenters. The molecule has 0 unspecified atom stereocenters. The maximum atomic E-state index is 12.7. The summed E-state index contributed by atoms with van der Waals surface area (Å²) in [4.78, 5) is 11.0. The van der Waals surface area contributed by atoms with Gasteiger partial charge in [0.05, 0.1) is 5.56 Å². The minimum absolute atomic E-state index is 0.154. The second-order valence-electron chi connectivity index (χ2n) is 4.30. The summed E-state index contributed by atoms with van der Waals surface area (Å²) in [6, 6.07) is 1.28. The van der Waals surface area contributed by atoms with Gasteiger partial charge in [-0.25, -0.2) is 4.79 Å². The molecule has 0 radical (unpaired) electrons. The first-order chi connectivity index (χ1) is 9.86. The van der Waals surface area contributed by atoms with Gasteiger partial charge in [-0.15, -0.1) is 0 Å². The van der Waals surface area contributed by atoms with Crippen LogP contribution in [0.3, 0.4) is 0 Å². The Balaban J connectivity index is 3.59. The van der Waals surface area contributed by atoms with E-state index in [1.165, 1.54) is 0 Å². The van der Waals surface area contributed by atoms with Crippen LogP contribution in [0.25, 0.3) is 0 Å². The molecule has 0 aromatic heterocycles. The average Bonchev–Trinajstić information content (AvgIpc) is 2.35. The molecule has 124 valence electrons. The number of nitrogens with one attached hydrogen (secondary N) is 1. The van der Waals surface area contributed by atoms with Crippen LogP contribution in [0.4, 0.5) is 32.0 Å². The first-order valence-corrected chi connectivity index (χ1v) is 5.83. The van der Waals surface area contributed by atoms with Crippen molar-refractivity contribution in [2.45, 2.75) is 24.9 Å². The lowest BCUT2D eigenvalue weighted by Crippen LogP contribution is -2.54. The Bertz CT molecular complexity index is 553. The number of anilines is 1. The van der Waals surface area contributed by atoms with Crippen molar-refractivity contribution in [3.63, 3.8) is 0 Å². The van der Waals surface area contributed by atoms with E-state index in [4.69, 9.17) is 5.11 Å². The number of carboxylic acids is 1. The molecule has 0 amide bonds. The molecule has 10 heteroatoms. The Labute approximate surface area is 120 Å². The van der Waals surface area contributed by atoms with E-state index in [0.717, 1.165) is 6.07 Å². The molecule has 1 rings (SSSR count). The van der Waals surface area contributed by atoms with Crippen molar-refractivity contribution in [1.82, 2.24) is 0 Å². The van der Waals surface area contributed by atoms with Gasteiger partial charge >= 0.3 is 18.3 Å². The number of rotatable bonds is 4. The van der Waals surface area contributed by atoms with Gasteiger partial charge in [-0.05, 0) is 19.1 Å². The van der Waals surface area contributed by atoms with E-state index in [1.807, 2.05) is 0 Å². The number of carbonyl (C=O) groups is 1. The standard InChI is InChI=1S/C12H11F6NO3/c1-2-19-8-4-3-6(5-7(8)9(20)21)10(22,11(13,14)15)12(16,17)18/h3-5,19,22H,2H2,1H3,(H,20,21). The average molecular weight is 331 g/mol. The van der Waals surface area contributed by atoms with Crippen molar-refractivity contribution in [1.29, 1.82) is 0 Å². The van der Waals surface area contributed by atoms with Gasteiger partial charge in [0, 0.05) is 17.8 Å². The van der Waals surface area contributed by atoms with Crippen LogP contribution in [-0.4, -0.2) is 35.1 Å². The predicted molar refractivity (Wildman–Crippen MR) is 63.6 cm³/mol. The molecule has 0 fully saturated rings. The van der Waals surface area contributed by atoms with Crippen LogP contribution in [0.2, 0.25) is 0 Å². The number of benzene rings is 1. The molecule has 0 spiro atoms. The summed E-state index contributed by atoms with van der Waals surface area (Å²) in [5, 5.41) is 20.6. The molecule has 4 nitrogen and oxygen atoms in total. The smallest absolute Gasteiger partial charge is 0.430 e. The van der Waals surface area contributed by atoms with Gasteiger partial charge in [0.2, 0.25) is 0 Å². The number of hydrogen-bond donors (Lipinski definition) is 3. The minimum Gasteiger partial charge on any atom is -0.478 e. The van der Waals surface area contributed by atoms with Crippen LogP contribution in [0.15, 0.2) is 18.2 Å². The van der Waals surface area contributed by atoms with E-state index in [9.17, 15) is 36.2 Å². The Hall–Kier alpha value is -1.97. The van der Waals surface area contributed by atoms with Crippen LogP contribution in [-0.2, 0) is 5.60 Å². The topological polar surface area (TPSA) is 69.6 Å². The highest BCUT2D eigenvalue weighted by Crippen LogP contribution is 2.50. The molecule has 0 bridgehead atoms. The Morgan fingerprint density at radius 3 is 2.00 bits per heavy atom. The third-order valence-corrected chi connectivity index (χ3v) is 2.86. The SMILES string of the molecule is CCNc1ccc(C(O)(C(F)(F)F)C(F)(F)F)cc1C(=O)O. The maximum Gasteiger partial charge on any atom is 0.430 e. The summed E-state index contributed by atoms with van der Waals surface area (Å²) in [5.74, 6) is -1.73. The van der Waals surface area contributed by atoms with Crippen molar-refractivity contribution < 1.29 is 41.4 Å². The van der Waals surface area contributed by atoms with Crippen LogP contribution < -0.4 is 5.32 Å². The zero-order valence-electron chi connectivity index (χ0n) is 11.0. The fourth-order valence-electron chi connectivity index (χ4n) is 1.78. The molecule has 0 saturated heterocycles. The molecule has 0 aliphatic rings. The fraction of sp³-hybridized carbons (Fsp3) is 0.417. The minimum atomic E-state index is -6.07. The van der Waals surface area contributed by atoms with Gasteiger partial charge in [0.15, 0.2) is 0 Å². The Morgan fingerprint density at radius 1 is 1.14 bits per heavy atom. The van der Waals surface area contributed by atoms with E-state index in [1.54, 1.807) is 6.92 Å². The van der Waals surface area contributed by atoms with Crippen molar-refractivity contribution in [3.05, 3.63) is 29.3 Å². The summed E-state index contributed by atoms with van der Waals surface area (Å²) < 4.78 is 76.4. The highest BCUT2D eigenvalue weighted by Gasteiger charge is 2.71. The van der Waals surface area contributed by atoms with Crippen LogP contribution in [0.5, 0.6) is 0 Å². The molecular formula is C12H11F6NO3. The van der Waals surface area contributed by atoms with Gasteiger partial charge in [-0.1, -0.05) is 6.07 Å². The van der Waals surface area contributed by atoms with Crippen LogP contribution in [0, 0.1) is 0 Å². The van der Waals surface area contributed by atoms with Crippen LogP contribution >= 0.6 is 0 Å². The molecular weight excluding hydrogens is 320 g/mol. The number of aliphatic hydroxyl groups is 1. The van der Waals surface area contributed by atoms with Crippen molar-refractivity contribution in [2.75, 3.05) is 11.9 Å². The lowest BCUT2D eigenvalue weighted by molar-refractivity contribution is -0.376. The maximum absolute atomic E-state index is 12.7. The summed E-state index contributed by atoms with van der Waals surface area (Å²) >= 11 is 0. The highest BCUT2D eigenvalue weighted by molar-refractivity contribution is 5.94. The normalized spacial score (nSPS) is 13.1. The quantitative estimate of drug-likeness (QED) is 0.742. The summed E-state index contributed by atoms with van der Waals surface area (Å²) in [6.07, 6.45) is -12.1. The Morgan fingerprint density at radius 2 is 1.64 bits per heavy atom. The van der Waals surface area contributed by atoms with Gasteiger partial charge in [-0.3, -0.25) is 0 Å². The van der Waals surface area contributed by atoms with Crippen molar-refractivity contribution >= 4 is 11.7 Å². The van der Waals surface area contributed by atoms with Crippen molar-refractivity contribution in [2.24, 2.45) is 0 Å². The summed E-state index contributed by atoms with van der Waals surface area (Å²) in [5.41, 5.74) is -7.75. The van der Waals surface area contributed by atoms with E-state index in [-0.39, 0.29) is 18.3 Å². The Kier molecular flexibility index (Phi) is 4.66. The largest absolute Gasteiger partial charge is 0.478 e. The molecule has 0 aliphatic carbocycles. The molecule has 1 aromatic rings. The van der Waals surface area contributed by atoms with Crippen LogP contribution in [0.1, 0.15) is 22.8 Å².